The lowest BCUT2D eigenvalue weighted by atomic mass is 9.97. The molecule has 22 heavy (non-hydrogen) atoms. The zero-order valence-electron chi connectivity index (χ0n) is 11.8. The Morgan fingerprint density at radius 1 is 1.41 bits per heavy atom. The molecular weight excluding hydrogens is 381 g/mol. The van der Waals surface area contributed by atoms with Crippen molar-refractivity contribution < 1.29 is 13.2 Å². The summed E-state index contributed by atoms with van der Waals surface area (Å²) in [5.41, 5.74) is -0.841. The largest absolute Gasteiger partial charge is 0.435 e. The molecule has 1 saturated heterocycles. The van der Waals surface area contributed by atoms with Crippen molar-refractivity contribution in [2.45, 2.75) is 24.9 Å². The van der Waals surface area contributed by atoms with Gasteiger partial charge in [0.25, 0.3) is 0 Å². The minimum absolute atomic E-state index is 0.0362. The van der Waals surface area contributed by atoms with E-state index in [0.717, 1.165) is 36.5 Å². The summed E-state index contributed by atoms with van der Waals surface area (Å²) in [6.45, 7) is 1.36. The average molecular weight is 395 g/mol. The number of piperidine rings is 1. The lowest BCUT2D eigenvalue weighted by Crippen LogP contribution is -2.35. The van der Waals surface area contributed by atoms with Gasteiger partial charge in [-0.25, -0.2) is 9.97 Å². The number of hydrogen-bond acceptors (Lipinski definition) is 4. The standard InChI is InChI=1S/C13H14BrF3N4S/c1-20-6-4-18-11(20)8-3-2-5-21(7-8)12-19-9(10(14)22-12)13(15,16)17/h4,6,8H,2-3,5,7H2,1H3. The van der Waals surface area contributed by atoms with Gasteiger partial charge in [0.2, 0.25) is 0 Å². The summed E-state index contributed by atoms with van der Waals surface area (Å²) in [5.74, 6) is 1.18. The minimum Gasteiger partial charge on any atom is -0.347 e. The summed E-state index contributed by atoms with van der Waals surface area (Å²) >= 11 is 4.01. The van der Waals surface area contributed by atoms with Crippen molar-refractivity contribution in [2.75, 3.05) is 18.0 Å². The molecule has 120 valence electrons. The Bertz CT molecular complexity index is 667. The lowest BCUT2D eigenvalue weighted by Gasteiger charge is -2.32. The summed E-state index contributed by atoms with van der Waals surface area (Å²) in [5, 5.41) is 0.415. The Balaban J connectivity index is 1.82. The van der Waals surface area contributed by atoms with Gasteiger partial charge in [0.1, 0.15) is 9.61 Å². The molecule has 0 amide bonds. The number of halogens is 4. The molecule has 1 aliphatic heterocycles. The second kappa shape index (κ2) is 5.84. The highest BCUT2D eigenvalue weighted by Crippen LogP contribution is 2.41. The van der Waals surface area contributed by atoms with E-state index in [-0.39, 0.29) is 9.70 Å². The van der Waals surface area contributed by atoms with E-state index in [2.05, 4.69) is 25.9 Å². The van der Waals surface area contributed by atoms with Crippen LogP contribution in [0, 0.1) is 0 Å². The van der Waals surface area contributed by atoms with Crippen molar-refractivity contribution in [2.24, 2.45) is 7.05 Å². The van der Waals surface area contributed by atoms with Crippen LogP contribution in [0.15, 0.2) is 16.2 Å². The Kier molecular flexibility index (Phi) is 4.19. The molecule has 3 rings (SSSR count). The first-order valence-corrected chi connectivity index (χ1v) is 8.43. The van der Waals surface area contributed by atoms with E-state index in [0.29, 0.717) is 11.7 Å². The van der Waals surface area contributed by atoms with Crippen LogP contribution in [0.1, 0.15) is 30.3 Å². The maximum absolute atomic E-state index is 12.9. The maximum atomic E-state index is 12.9. The van der Waals surface area contributed by atoms with Crippen LogP contribution in [0.3, 0.4) is 0 Å². The van der Waals surface area contributed by atoms with Crippen molar-refractivity contribution in [3.63, 3.8) is 0 Å². The molecule has 9 heteroatoms. The zero-order valence-corrected chi connectivity index (χ0v) is 14.2. The van der Waals surface area contributed by atoms with Gasteiger partial charge >= 0.3 is 6.18 Å². The Hall–Kier alpha value is -1.09. The summed E-state index contributed by atoms with van der Waals surface area (Å²) in [4.78, 5) is 10.1. The number of nitrogens with zero attached hydrogens (tertiary/aromatic N) is 4. The monoisotopic (exact) mass is 394 g/mol. The summed E-state index contributed by atoms with van der Waals surface area (Å²) < 4.78 is 40.6. The Morgan fingerprint density at radius 3 is 2.77 bits per heavy atom. The molecule has 0 aromatic carbocycles. The van der Waals surface area contributed by atoms with Crippen LogP contribution in [0.5, 0.6) is 0 Å². The fourth-order valence-corrected chi connectivity index (χ4v) is 4.33. The molecule has 0 bridgehead atoms. The fraction of sp³-hybridized carbons (Fsp3) is 0.538. The third-order valence-corrected chi connectivity index (χ3v) is 5.52. The summed E-state index contributed by atoms with van der Waals surface area (Å²) in [6, 6.07) is 0. The number of thiazole rings is 1. The van der Waals surface area contributed by atoms with E-state index in [4.69, 9.17) is 0 Å². The second-order valence-corrected chi connectivity index (χ2v) is 7.59. The highest BCUT2D eigenvalue weighted by atomic mass is 79.9. The van der Waals surface area contributed by atoms with E-state index in [1.807, 2.05) is 22.7 Å². The van der Waals surface area contributed by atoms with E-state index in [9.17, 15) is 13.2 Å². The number of alkyl halides is 3. The molecule has 2 aromatic rings. The predicted molar refractivity (Wildman–Crippen MR) is 82.2 cm³/mol. The Morgan fingerprint density at radius 2 is 2.18 bits per heavy atom. The highest BCUT2D eigenvalue weighted by Gasteiger charge is 2.38. The lowest BCUT2D eigenvalue weighted by molar-refractivity contribution is -0.141. The average Bonchev–Trinajstić information content (AvgIpc) is 3.04. The summed E-state index contributed by atoms with van der Waals surface area (Å²) in [6.07, 6.45) is 1.10. The number of anilines is 1. The van der Waals surface area contributed by atoms with Crippen LogP contribution < -0.4 is 4.90 Å². The van der Waals surface area contributed by atoms with Crippen molar-refractivity contribution in [3.05, 3.63) is 27.7 Å². The molecule has 1 unspecified atom stereocenters. The summed E-state index contributed by atoms with van der Waals surface area (Å²) in [7, 11) is 1.93. The van der Waals surface area contributed by atoms with E-state index in [1.165, 1.54) is 0 Å². The minimum atomic E-state index is -4.43. The molecule has 1 aliphatic rings. The fourth-order valence-electron chi connectivity index (χ4n) is 2.73. The Labute approximate surface area is 138 Å². The van der Waals surface area contributed by atoms with Gasteiger partial charge in [-0.1, -0.05) is 11.3 Å². The first-order valence-electron chi connectivity index (χ1n) is 6.82. The zero-order chi connectivity index (χ0) is 15.9. The molecule has 2 aromatic heterocycles. The van der Waals surface area contributed by atoms with Crippen LogP contribution in [-0.2, 0) is 13.2 Å². The van der Waals surface area contributed by atoms with Gasteiger partial charge in [0.05, 0.1) is 0 Å². The van der Waals surface area contributed by atoms with Gasteiger partial charge in [-0.2, -0.15) is 13.2 Å². The third kappa shape index (κ3) is 3.01. The molecule has 1 fully saturated rings. The van der Waals surface area contributed by atoms with Gasteiger partial charge in [-0.05, 0) is 28.8 Å². The molecule has 0 N–H and O–H groups in total. The first kappa shape index (κ1) is 15.8. The molecule has 1 atom stereocenters. The number of aryl methyl sites for hydroxylation is 1. The molecule has 0 saturated carbocycles. The van der Waals surface area contributed by atoms with E-state index < -0.39 is 11.9 Å². The smallest absolute Gasteiger partial charge is 0.347 e. The van der Waals surface area contributed by atoms with E-state index >= 15 is 0 Å². The van der Waals surface area contributed by atoms with Crippen molar-refractivity contribution in [3.8, 4) is 0 Å². The van der Waals surface area contributed by atoms with Gasteiger partial charge in [-0.3, -0.25) is 0 Å². The highest BCUT2D eigenvalue weighted by molar-refractivity contribution is 9.11. The number of aromatic nitrogens is 3. The van der Waals surface area contributed by atoms with Gasteiger partial charge in [0.15, 0.2) is 10.8 Å². The third-order valence-electron chi connectivity index (χ3n) is 3.76. The molecule has 4 nitrogen and oxygen atoms in total. The van der Waals surface area contributed by atoms with Crippen molar-refractivity contribution in [1.82, 2.24) is 14.5 Å². The number of imidazole rings is 1. The second-order valence-electron chi connectivity index (χ2n) is 5.30. The molecule has 0 aliphatic carbocycles. The SMILES string of the molecule is Cn1ccnc1C1CCCN(c2nc(C(F)(F)F)c(Br)s2)C1. The van der Waals surface area contributed by atoms with Gasteiger partial charge < -0.3 is 9.47 Å². The topological polar surface area (TPSA) is 34.0 Å². The molecule has 0 spiro atoms. The first-order chi connectivity index (χ1) is 10.4. The van der Waals surface area contributed by atoms with Gasteiger partial charge in [-0.15, -0.1) is 0 Å². The normalized spacial score (nSPS) is 19.7. The van der Waals surface area contributed by atoms with Crippen LogP contribution in [0.4, 0.5) is 18.3 Å². The van der Waals surface area contributed by atoms with Crippen LogP contribution in [0.25, 0.3) is 0 Å². The molecule has 3 heterocycles. The van der Waals surface area contributed by atoms with Crippen molar-refractivity contribution >= 4 is 32.4 Å². The van der Waals surface area contributed by atoms with Gasteiger partial charge in [0, 0.05) is 38.4 Å². The van der Waals surface area contributed by atoms with Crippen molar-refractivity contribution in [1.29, 1.82) is 0 Å². The number of rotatable bonds is 2. The maximum Gasteiger partial charge on any atom is 0.435 e. The molecule has 0 radical (unpaired) electrons. The quantitative estimate of drug-likeness (QED) is 0.770. The van der Waals surface area contributed by atoms with Crippen LogP contribution in [0.2, 0.25) is 0 Å². The van der Waals surface area contributed by atoms with Crippen LogP contribution in [-0.4, -0.2) is 27.6 Å². The molecular formula is C13H14BrF3N4S. The van der Waals surface area contributed by atoms with Crippen LogP contribution >= 0.6 is 27.3 Å². The number of hydrogen-bond donors (Lipinski definition) is 0. The predicted octanol–water partition coefficient (Wildman–Crippen LogP) is 4.04. The van der Waals surface area contributed by atoms with E-state index in [1.54, 1.807) is 6.20 Å².